The Morgan fingerprint density at radius 2 is 1.86 bits per heavy atom. The molecule has 1 aromatic carbocycles. The Morgan fingerprint density at radius 1 is 1.14 bits per heavy atom. The first kappa shape index (κ1) is 13.9. The van der Waals surface area contributed by atoms with Crippen LogP contribution in [0.25, 0.3) is 11.0 Å². The van der Waals surface area contributed by atoms with Gasteiger partial charge in [0.2, 0.25) is 0 Å². The highest BCUT2D eigenvalue weighted by atomic mass is 16.3. The van der Waals surface area contributed by atoms with Crippen LogP contribution < -0.4 is 5.32 Å². The molecule has 0 unspecified atom stereocenters. The first-order chi connectivity index (χ1) is 10.2. The van der Waals surface area contributed by atoms with Crippen LogP contribution in [0, 0.1) is 0 Å². The molecule has 3 rings (SSSR count). The Morgan fingerprint density at radius 3 is 2.62 bits per heavy atom. The molecule has 1 aliphatic carbocycles. The van der Waals surface area contributed by atoms with E-state index in [1.807, 2.05) is 0 Å². The molecule has 1 heterocycles. The average molecular weight is 285 g/mol. The summed E-state index contributed by atoms with van der Waals surface area (Å²) < 4.78 is 0. The van der Waals surface area contributed by atoms with E-state index in [0.717, 1.165) is 31.2 Å². The fraction of sp³-hybridized carbons (Fsp3) is 0.438. The van der Waals surface area contributed by atoms with Crippen molar-refractivity contribution in [1.82, 2.24) is 15.3 Å². The van der Waals surface area contributed by atoms with E-state index in [-0.39, 0.29) is 5.91 Å². The first-order valence-electron chi connectivity index (χ1n) is 7.38. The van der Waals surface area contributed by atoms with E-state index in [4.69, 9.17) is 0 Å². The van der Waals surface area contributed by atoms with Gasteiger partial charge in [-0.3, -0.25) is 14.8 Å². The molecule has 1 aromatic heterocycles. The molecule has 0 spiro atoms. The number of aromatic nitrogens is 2. The zero-order chi connectivity index (χ0) is 14.7. The number of carbonyl (C=O) groups is 1. The largest absolute Gasteiger partial charge is 0.388 e. The molecule has 1 fully saturated rings. The van der Waals surface area contributed by atoms with Crippen molar-refractivity contribution in [2.45, 2.75) is 37.7 Å². The summed E-state index contributed by atoms with van der Waals surface area (Å²) in [5.41, 5.74) is 1.26. The molecule has 1 aliphatic rings. The number of amides is 1. The van der Waals surface area contributed by atoms with E-state index in [1.165, 1.54) is 6.42 Å². The van der Waals surface area contributed by atoms with Gasteiger partial charge in [-0.15, -0.1) is 0 Å². The van der Waals surface area contributed by atoms with E-state index < -0.39 is 5.60 Å². The standard InChI is InChI=1S/C16H19N3O2/c20-15(19-11-16(21)6-2-1-3-7-16)12-4-5-13-14(10-12)18-9-8-17-13/h4-5,8-10,21H,1-3,6-7,11H2,(H,19,20). The summed E-state index contributed by atoms with van der Waals surface area (Å²) in [5.74, 6) is -0.179. The van der Waals surface area contributed by atoms with Crippen LogP contribution in [0.4, 0.5) is 0 Å². The summed E-state index contributed by atoms with van der Waals surface area (Å²) in [6.45, 7) is 0.310. The minimum atomic E-state index is -0.745. The third-order valence-corrected chi connectivity index (χ3v) is 4.09. The number of benzene rings is 1. The van der Waals surface area contributed by atoms with Crippen LogP contribution in [-0.2, 0) is 0 Å². The summed E-state index contributed by atoms with van der Waals surface area (Å²) in [6.07, 6.45) is 7.97. The fourth-order valence-corrected chi connectivity index (χ4v) is 2.84. The molecule has 1 amide bonds. The molecule has 0 radical (unpaired) electrons. The quantitative estimate of drug-likeness (QED) is 0.905. The SMILES string of the molecule is O=C(NCC1(O)CCCCC1)c1ccc2nccnc2c1. The number of nitrogens with one attached hydrogen (secondary N) is 1. The molecule has 0 bridgehead atoms. The third-order valence-electron chi connectivity index (χ3n) is 4.09. The van der Waals surface area contributed by atoms with Crippen molar-refractivity contribution in [1.29, 1.82) is 0 Å². The van der Waals surface area contributed by atoms with Gasteiger partial charge in [0.05, 0.1) is 16.6 Å². The van der Waals surface area contributed by atoms with Gasteiger partial charge in [0.15, 0.2) is 0 Å². The van der Waals surface area contributed by atoms with E-state index in [0.29, 0.717) is 17.6 Å². The van der Waals surface area contributed by atoms with Crippen molar-refractivity contribution >= 4 is 16.9 Å². The molecule has 2 aromatic rings. The molecule has 1 saturated carbocycles. The fourth-order valence-electron chi connectivity index (χ4n) is 2.84. The normalized spacial score (nSPS) is 17.6. The number of carbonyl (C=O) groups excluding carboxylic acids is 1. The minimum Gasteiger partial charge on any atom is -0.388 e. The van der Waals surface area contributed by atoms with Crippen LogP contribution in [0.2, 0.25) is 0 Å². The maximum Gasteiger partial charge on any atom is 0.251 e. The Hall–Kier alpha value is -2.01. The lowest BCUT2D eigenvalue weighted by molar-refractivity contribution is 0.00526. The van der Waals surface area contributed by atoms with Crippen molar-refractivity contribution in [3.8, 4) is 0 Å². The zero-order valence-electron chi connectivity index (χ0n) is 11.9. The number of hydrogen-bond acceptors (Lipinski definition) is 4. The van der Waals surface area contributed by atoms with Gasteiger partial charge in [0.25, 0.3) is 5.91 Å². The molecule has 110 valence electrons. The van der Waals surface area contributed by atoms with E-state index in [2.05, 4.69) is 15.3 Å². The lowest BCUT2D eigenvalue weighted by atomic mass is 9.85. The molecule has 0 aliphatic heterocycles. The van der Waals surface area contributed by atoms with Crippen LogP contribution in [-0.4, -0.2) is 33.1 Å². The van der Waals surface area contributed by atoms with Gasteiger partial charge in [0, 0.05) is 24.5 Å². The summed E-state index contributed by atoms with van der Waals surface area (Å²) in [6, 6.07) is 5.24. The Balaban J connectivity index is 1.69. The summed E-state index contributed by atoms with van der Waals surface area (Å²) in [4.78, 5) is 20.6. The molecule has 5 nitrogen and oxygen atoms in total. The Kier molecular flexibility index (Phi) is 3.84. The highest BCUT2D eigenvalue weighted by Gasteiger charge is 2.29. The number of rotatable bonds is 3. The Labute approximate surface area is 123 Å². The first-order valence-corrected chi connectivity index (χ1v) is 7.38. The lowest BCUT2D eigenvalue weighted by Crippen LogP contribution is -2.44. The van der Waals surface area contributed by atoms with Crippen LogP contribution >= 0.6 is 0 Å². The molecule has 2 N–H and O–H groups in total. The molecular weight excluding hydrogens is 266 g/mol. The Bertz CT molecular complexity index is 651. The molecule has 21 heavy (non-hydrogen) atoms. The van der Waals surface area contributed by atoms with Crippen LogP contribution in [0.1, 0.15) is 42.5 Å². The highest BCUT2D eigenvalue weighted by molar-refractivity contribution is 5.97. The predicted molar refractivity (Wildman–Crippen MR) is 79.9 cm³/mol. The van der Waals surface area contributed by atoms with Gasteiger partial charge >= 0.3 is 0 Å². The predicted octanol–water partition coefficient (Wildman–Crippen LogP) is 2.05. The lowest BCUT2D eigenvalue weighted by Gasteiger charge is -2.32. The number of fused-ring (bicyclic) bond motifs is 1. The summed E-state index contributed by atoms with van der Waals surface area (Å²) in [7, 11) is 0. The maximum atomic E-state index is 12.2. The van der Waals surface area contributed by atoms with E-state index in [9.17, 15) is 9.90 Å². The van der Waals surface area contributed by atoms with Gasteiger partial charge in [-0.1, -0.05) is 19.3 Å². The second kappa shape index (κ2) is 5.77. The van der Waals surface area contributed by atoms with E-state index >= 15 is 0 Å². The van der Waals surface area contributed by atoms with Crippen LogP contribution in [0.15, 0.2) is 30.6 Å². The number of hydrogen-bond donors (Lipinski definition) is 2. The highest BCUT2D eigenvalue weighted by Crippen LogP contribution is 2.27. The van der Waals surface area contributed by atoms with Crippen molar-refractivity contribution in [3.63, 3.8) is 0 Å². The summed E-state index contributed by atoms with van der Waals surface area (Å²) >= 11 is 0. The molecular formula is C16H19N3O2. The van der Waals surface area contributed by atoms with Crippen LogP contribution in [0.5, 0.6) is 0 Å². The van der Waals surface area contributed by atoms with Crippen molar-refractivity contribution in [3.05, 3.63) is 36.2 Å². The average Bonchev–Trinajstić information content (AvgIpc) is 2.53. The molecule has 0 saturated heterocycles. The van der Waals surface area contributed by atoms with Gasteiger partial charge in [-0.25, -0.2) is 0 Å². The topological polar surface area (TPSA) is 75.1 Å². The number of nitrogens with zero attached hydrogens (tertiary/aromatic N) is 2. The maximum absolute atomic E-state index is 12.2. The molecule has 0 atom stereocenters. The van der Waals surface area contributed by atoms with Gasteiger partial charge in [-0.05, 0) is 31.0 Å². The smallest absolute Gasteiger partial charge is 0.251 e. The van der Waals surface area contributed by atoms with E-state index in [1.54, 1.807) is 30.6 Å². The summed E-state index contributed by atoms with van der Waals surface area (Å²) in [5, 5.41) is 13.2. The van der Waals surface area contributed by atoms with Gasteiger partial charge in [0.1, 0.15) is 0 Å². The monoisotopic (exact) mass is 285 g/mol. The van der Waals surface area contributed by atoms with Crippen molar-refractivity contribution < 1.29 is 9.90 Å². The molecule has 5 heteroatoms. The second-order valence-corrected chi connectivity index (χ2v) is 5.73. The van der Waals surface area contributed by atoms with Gasteiger partial charge in [-0.2, -0.15) is 0 Å². The zero-order valence-corrected chi connectivity index (χ0v) is 11.9. The van der Waals surface area contributed by atoms with Crippen molar-refractivity contribution in [2.75, 3.05) is 6.54 Å². The third kappa shape index (κ3) is 3.19. The van der Waals surface area contributed by atoms with Crippen LogP contribution in [0.3, 0.4) is 0 Å². The van der Waals surface area contributed by atoms with Gasteiger partial charge < -0.3 is 10.4 Å². The minimum absolute atomic E-state index is 0.179. The second-order valence-electron chi connectivity index (χ2n) is 5.73. The number of aliphatic hydroxyl groups is 1. The van der Waals surface area contributed by atoms with Crippen molar-refractivity contribution in [2.24, 2.45) is 0 Å².